The van der Waals surface area contributed by atoms with Crippen LogP contribution in [0.2, 0.25) is 0 Å². The maximum Gasteiger partial charge on any atom is 0.472 e. The lowest BCUT2D eigenvalue weighted by Crippen LogP contribution is -2.36. The number of fused-ring (bicyclic) bond motifs is 2. The van der Waals surface area contributed by atoms with Crippen LogP contribution in [0.15, 0.2) is 17.1 Å². The van der Waals surface area contributed by atoms with E-state index in [1.54, 1.807) is 11.3 Å². The minimum atomic E-state index is -4.18. The molecule has 3 rings (SSSR count). The Morgan fingerprint density at radius 1 is 0.884 bits per heavy atom. The molecule has 2 bridgehead atoms. The molecule has 1 amide bonds. The summed E-state index contributed by atoms with van der Waals surface area (Å²) in [5.41, 5.74) is 1.90. The van der Waals surface area contributed by atoms with Crippen LogP contribution in [-0.4, -0.2) is 49.6 Å². The number of nitrogens with zero attached hydrogens (tertiary/aromatic N) is 1. The number of nitrogens with one attached hydrogen (secondary N) is 1. The Hall–Kier alpha value is -1.03. The third-order valence-corrected chi connectivity index (χ3v) is 10.5. The number of carbonyl (C=O) groups excluding carboxylic acids is 1. The molecular formula is C32H58N2O7PS+. The average molecular weight is 646 g/mol. The van der Waals surface area contributed by atoms with E-state index >= 15 is 0 Å². The molecule has 1 aromatic heterocycles. The lowest BCUT2D eigenvalue weighted by molar-refractivity contribution is -0.693. The van der Waals surface area contributed by atoms with Gasteiger partial charge in [-0.25, -0.2) is 9.36 Å². The van der Waals surface area contributed by atoms with Crippen molar-refractivity contribution in [3.63, 3.8) is 0 Å². The second-order valence-electron chi connectivity index (χ2n) is 12.3. The molecule has 0 aromatic carbocycles. The zero-order valence-corrected chi connectivity index (χ0v) is 28.2. The summed E-state index contributed by atoms with van der Waals surface area (Å²) in [6.45, 7) is 3.69. The summed E-state index contributed by atoms with van der Waals surface area (Å²) in [6.07, 6.45) is 24.4. The first kappa shape index (κ1) is 36.4. The van der Waals surface area contributed by atoms with Crippen LogP contribution in [0.5, 0.6) is 0 Å². The summed E-state index contributed by atoms with van der Waals surface area (Å²) in [5, 5.41) is 4.79. The number of alkyl carbamates (subject to hydrolysis) is 1. The number of phosphoric acid groups is 1. The highest BCUT2D eigenvalue weighted by Gasteiger charge is 2.50. The molecule has 1 aromatic rings. The number of aromatic nitrogens is 1. The molecule has 2 saturated heterocycles. The summed E-state index contributed by atoms with van der Waals surface area (Å²) < 4.78 is 36.3. The molecule has 0 radical (unpaired) electrons. The number of phosphoric ester groups is 1. The van der Waals surface area contributed by atoms with Crippen molar-refractivity contribution in [2.24, 2.45) is 11.8 Å². The van der Waals surface area contributed by atoms with Gasteiger partial charge < -0.3 is 19.7 Å². The minimum absolute atomic E-state index is 0.0132. The largest absolute Gasteiger partial charge is 0.472 e. The Morgan fingerprint density at radius 2 is 1.44 bits per heavy atom. The van der Waals surface area contributed by atoms with Gasteiger partial charge in [-0.1, -0.05) is 115 Å². The Balaban J connectivity index is 1.15. The Kier molecular flexibility index (Phi) is 18.4. The smallest absolute Gasteiger partial charge is 0.449 e. The zero-order valence-electron chi connectivity index (χ0n) is 26.5. The summed E-state index contributed by atoms with van der Waals surface area (Å²) in [7, 11) is -4.18. The van der Waals surface area contributed by atoms with Crippen molar-refractivity contribution in [1.82, 2.24) is 5.32 Å². The molecule has 9 nitrogen and oxygen atoms in total. The summed E-state index contributed by atoms with van der Waals surface area (Å²) in [4.78, 5) is 22.4. The first-order chi connectivity index (χ1) is 21.0. The van der Waals surface area contributed by atoms with Gasteiger partial charge in [-0.3, -0.25) is 9.05 Å². The molecule has 1 unspecified atom stereocenters. The van der Waals surface area contributed by atoms with Crippen molar-refractivity contribution in [2.75, 3.05) is 26.4 Å². The Bertz CT molecular complexity index is 906. The summed E-state index contributed by atoms with van der Waals surface area (Å²) in [6, 6.07) is 0. The fraction of sp³-hybridized carbons (Fsp3) is 0.875. The van der Waals surface area contributed by atoms with E-state index < -0.39 is 13.9 Å². The molecule has 0 aliphatic carbocycles. The lowest BCUT2D eigenvalue weighted by atomic mass is 9.80. The van der Waals surface area contributed by atoms with Gasteiger partial charge in [-0.05, 0) is 19.3 Å². The number of carbonyl (C=O) groups is 1. The number of hydrogen-bond acceptors (Lipinski definition) is 7. The minimum Gasteiger partial charge on any atom is -0.449 e. The molecule has 11 heteroatoms. The molecule has 2 aliphatic heterocycles. The lowest BCUT2D eigenvalue weighted by Gasteiger charge is -2.27. The Morgan fingerprint density at radius 3 is 2.00 bits per heavy atom. The number of hydrogen-bond donors (Lipinski definition) is 2. The molecular weight excluding hydrogens is 587 g/mol. The van der Waals surface area contributed by atoms with Gasteiger partial charge >= 0.3 is 13.9 Å². The first-order valence-electron chi connectivity index (χ1n) is 17.1. The summed E-state index contributed by atoms with van der Waals surface area (Å²) >= 11 is 1.54. The topological polar surface area (TPSA) is 107 Å². The fourth-order valence-corrected chi connectivity index (χ4v) is 7.66. The van der Waals surface area contributed by atoms with Crippen LogP contribution < -0.4 is 9.88 Å². The van der Waals surface area contributed by atoms with Crippen LogP contribution in [-0.2, 0) is 29.6 Å². The third kappa shape index (κ3) is 15.2. The molecule has 5 atom stereocenters. The third-order valence-electron chi connectivity index (χ3n) is 8.86. The van der Waals surface area contributed by atoms with E-state index in [2.05, 4.69) is 12.2 Å². The van der Waals surface area contributed by atoms with Crippen LogP contribution in [0, 0.1) is 11.8 Å². The van der Waals surface area contributed by atoms with Gasteiger partial charge in [0.1, 0.15) is 6.61 Å². The Labute approximate surface area is 264 Å². The van der Waals surface area contributed by atoms with Gasteiger partial charge in [0.25, 0.3) is 0 Å². The second-order valence-corrected chi connectivity index (χ2v) is 14.5. The maximum atomic E-state index is 12.4. The highest BCUT2D eigenvalue weighted by molar-refractivity contribution is 7.47. The van der Waals surface area contributed by atoms with E-state index in [1.165, 1.54) is 89.9 Å². The molecule has 2 fully saturated rings. The van der Waals surface area contributed by atoms with Crippen molar-refractivity contribution in [3.05, 3.63) is 17.1 Å². The highest BCUT2D eigenvalue weighted by Crippen LogP contribution is 2.48. The van der Waals surface area contributed by atoms with Gasteiger partial charge in [0.05, 0.1) is 30.8 Å². The molecule has 2 aliphatic rings. The first-order valence-corrected chi connectivity index (χ1v) is 19.5. The van der Waals surface area contributed by atoms with Gasteiger partial charge in [-0.15, -0.1) is 0 Å². The SMILES string of the molecule is CCCCCCCCCCCCCCCCCCNC(=O)OC[C@@H]1[C@@H](COP(=O)(O)OCC[n+]2ccsc2)[C@H]2CC[C@@H]1O2. The molecule has 0 saturated carbocycles. The predicted octanol–water partition coefficient (Wildman–Crippen LogP) is 7.95. The number of ether oxygens (including phenoxy) is 2. The highest BCUT2D eigenvalue weighted by atomic mass is 32.1. The molecule has 0 spiro atoms. The van der Waals surface area contributed by atoms with Gasteiger partial charge in [0.2, 0.25) is 5.51 Å². The quantitative estimate of drug-likeness (QED) is 0.0598. The van der Waals surface area contributed by atoms with Gasteiger partial charge in [-0.2, -0.15) is 4.57 Å². The van der Waals surface area contributed by atoms with E-state index in [1.807, 2.05) is 21.7 Å². The molecule has 3 heterocycles. The number of rotatable bonds is 26. The molecule has 2 N–H and O–H groups in total. The van der Waals surface area contributed by atoms with Crippen molar-refractivity contribution in [1.29, 1.82) is 0 Å². The van der Waals surface area contributed by atoms with Crippen molar-refractivity contribution in [3.8, 4) is 0 Å². The van der Waals surface area contributed by atoms with Crippen LogP contribution in [0.3, 0.4) is 0 Å². The van der Waals surface area contributed by atoms with E-state index in [0.717, 1.165) is 25.7 Å². The van der Waals surface area contributed by atoms with E-state index in [-0.39, 0.29) is 43.9 Å². The van der Waals surface area contributed by atoms with Crippen LogP contribution >= 0.6 is 19.2 Å². The fourth-order valence-electron chi connectivity index (χ4n) is 6.29. The number of thiazole rings is 1. The summed E-state index contributed by atoms with van der Waals surface area (Å²) in [5.74, 6) is -0.163. The van der Waals surface area contributed by atoms with E-state index in [0.29, 0.717) is 13.1 Å². The normalized spacial score (nSPS) is 22.6. The van der Waals surface area contributed by atoms with E-state index in [9.17, 15) is 14.3 Å². The standard InChI is InChI=1S/C32H57N2O7PS/c1-2-3-4-5-6-7-8-9-10-11-12-13-14-15-16-17-20-33-32(35)38-25-28-29(31-19-18-30(28)41-31)26-40-42(36,37)39-23-21-34-22-24-43-27-34/h22,24,27-31H,2-21,23,25-26H2,1H3,(H-,33,35,36,37)/p+1/t28-,29-,30+,31-/m1/s1. The van der Waals surface area contributed by atoms with Gasteiger partial charge in [0.15, 0.2) is 12.7 Å². The monoisotopic (exact) mass is 645 g/mol. The number of amides is 1. The van der Waals surface area contributed by atoms with Crippen molar-refractivity contribution < 1.29 is 37.3 Å². The maximum absolute atomic E-state index is 12.4. The van der Waals surface area contributed by atoms with Crippen molar-refractivity contribution >= 4 is 25.3 Å². The molecule has 43 heavy (non-hydrogen) atoms. The van der Waals surface area contributed by atoms with Crippen LogP contribution in [0.1, 0.15) is 122 Å². The van der Waals surface area contributed by atoms with Crippen LogP contribution in [0.4, 0.5) is 4.79 Å². The van der Waals surface area contributed by atoms with Crippen molar-refractivity contribution in [2.45, 2.75) is 141 Å². The van der Waals surface area contributed by atoms with E-state index in [4.69, 9.17) is 18.5 Å². The molecule has 248 valence electrons. The second kappa shape index (κ2) is 21.7. The van der Waals surface area contributed by atoms with Gasteiger partial charge in [0, 0.05) is 18.4 Å². The van der Waals surface area contributed by atoms with Crippen LogP contribution in [0.25, 0.3) is 0 Å². The number of unbranched alkanes of at least 4 members (excludes halogenated alkanes) is 15. The predicted molar refractivity (Wildman–Crippen MR) is 170 cm³/mol. The zero-order chi connectivity index (χ0) is 30.6. The average Bonchev–Trinajstić information content (AvgIpc) is 3.75.